The molecule has 0 radical (unpaired) electrons. The lowest BCUT2D eigenvalue weighted by Crippen LogP contribution is -2.39. The van der Waals surface area contributed by atoms with Crippen molar-refractivity contribution in [3.63, 3.8) is 0 Å². The van der Waals surface area contributed by atoms with E-state index < -0.39 is 0 Å². The van der Waals surface area contributed by atoms with Gasteiger partial charge in [0, 0.05) is 35.4 Å². The van der Waals surface area contributed by atoms with Gasteiger partial charge in [-0.15, -0.1) is 0 Å². The molecule has 4 aliphatic rings. The summed E-state index contributed by atoms with van der Waals surface area (Å²) in [5, 5.41) is 0. The zero-order valence-electron chi connectivity index (χ0n) is 13.9. The van der Waals surface area contributed by atoms with Gasteiger partial charge in [0.05, 0.1) is 0 Å². The maximum absolute atomic E-state index is 13.2. The molecule has 0 bridgehead atoms. The number of carbonyl (C=O) groups excluding carboxylic acids is 2. The number of allylic oxidation sites excluding steroid dienone is 2. The minimum absolute atomic E-state index is 0.129. The van der Waals surface area contributed by atoms with Crippen molar-refractivity contribution in [1.82, 2.24) is 4.90 Å². The van der Waals surface area contributed by atoms with Gasteiger partial charge in [0.2, 0.25) is 0 Å². The van der Waals surface area contributed by atoms with Crippen LogP contribution in [-0.2, 0) is 4.79 Å². The van der Waals surface area contributed by atoms with E-state index in [4.69, 9.17) is 0 Å². The maximum Gasteiger partial charge on any atom is 0.254 e. The van der Waals surface area contributed by atoms with E-state index in [9.17, 15) is 9.59 Å². The van der Waals surface area contributed by atoms with Crippen LogP contribution in [0.1, 0.15) is 42.1 Å². The van der Waals surface area contributed by atoms with Gasteiger partial charge < -0.3 is 4.90 Å². The fourth-order valence-electron chi connectivity index (χ4n) is 4.54. The third-order valence-corrected chi connectivity index (χ3v) is 6.12. The van der Waals surface area contributed by atoms with Crippen molar-refractivity contribution in [2.24, 2.45) is 17.8 Å². The number of amides is 1. The van der Waals surface area contributed by atoms with E-state index in [2.05, 4.69) is 13.0 Å². The lowest BCUT2D eigenvalue weighted by Gasteiger charge is -2.32. The summed E-state index contributed by atoms with van der Waals surface area (Å²) in [6.07, 6.45) is 5.32. The third kappa shape index (κ3) is 1.90. The highest BCUT2D eigenvalue weighted by Crippen LogP contribution is 2.57. The average Bonchev–Trinajstić information content (AvgIpc) is 3.33. The molecule has 2 unspecified atom stereocenters. The molecule has 3 nitrogen and oxygen atoms in total. The summed E-state index contributed by atoms with van der Waals surface area (Å²) in [5.41, 5.74) is 4.39. The standard InChI is InChI=1S/C21H21NO2/c1-12-6-8-22(9-7-12)21(24)17-11-13-10-16(13)19-18(17)14-4-2-3-5-15(14)20(19)23/h2-5,11-13,16H,6-10H2,1H3. The molecule has 3 heteroatoms. The van der Waals surface area contributed by atoms with Crippen molar-refractivity contribution in [2.75, 3.05) is 13.1 Å². The lowest BCUT2D eigenvalue weighted by molar-refractivity contribution is -0.128. The topological polar surface area (TPSA) is 37.4 Å². The molecule has 2 fully saturated rings. The van der Waals surface area contributed by atoms with Gasteiger partial charge >= 0.3 is 0 Å². The molecule has 5 rings (SSSR count). The van der Waals surface area contributed by atoms with Crippen molar-refractivity contribution in [2.45, 2.75) is 26.2 Å². The van der Waals surface area contributed by atoms with E-state index in [1.165, 1.54) is 0 Å². The second-order valence-electron chi connectivity index (χ2n) is 7.72. The Morgan fingerprint density at radius 2 is 1.83 bits per heavy atom. The molecule has 1 saturated carbocycles. The molecule has 3 aliphatic carbocycles. The zero-order valence-corrected chi connectivity index (χ0v) is 13.9. The van der Waals surface area contributed by atoms with E-state index in [1.54, 1.807) is 0 Å². The lowest BCUT2D eigenvalue weighted by atomic mass is 9.88. The highest BCUT2D eigenvalue weighted by Gasteiger charge is 2.50. The number of hydrogen-bond acceptors (Lipinski definition) is 2. The molecular formula is C21H21NO2. The molecule has 0 spiro atoms. The van der Waals surface area contributed by atoms with Gasteiger partial charge in [-0.3, -0.25) is 9.59 Å². The number of Topliss-reactive ketones (excluding diaryl/α,β-unsaturated/α-hetero) is 1. The first-order chi connectivity index (χ1) is 11.6. The van der Waals surface area contributed by atoms with E-state index in [0.29, 0.717) is 17.8 Å². The fourth-order valence-corrected chi connectivity index (χ4v) is 4.54. The molecule has 2 atom stereocenters. The molecule has 0 aromatic heterocycles. The van der Waals surface area contributed by atoms with Crippen LogP contribution < -0.4 is 0 Å². The van der Waals surface area contributed by atoms with Crippen molar-refractivity contribution >= 4 is 17.3 Å². The van der Waals surface area contributed by atoms with Gasteiger partial charge in [-0.25, -0.2) is 0 Å². The third-order valence-electron chi connectivity index (χ3n) is 6.12. The van der Waals surface area contributed by atoms with Crippen molar-refractivity contribution < 1.29 is 9.59 Å². The number of rotatable bonds is 1. The summed E-state index contributed by atoms with van der Waals surface area (Å²) in [4.78, 5) is 28.0. The zero-order chi connectivity index (χ0) is 16.4. The number of piperidine rings is 1. The van der Waals surface area contributed by atoms with E-state index in [1.807, 2.05) is 29.2 Å². The van der Waals surface area contributed by atoms with Crippen LogP contribution in [0.3, 0.4) is 0 Å². The Hall–Kier alpha value is -2.16. The Morgan fingerprint density at radius 3 is 2.58 bits per heavy atom. The highest BCUT2D eigenvalue weighted by atomic mass is 16.2. The molecule has 122 valence electrons. The summed E-state index contributed by atoms with van der Waals surface area (Å²) >= 11 is 0. The van der Waals surface area contributed by atoms with E-state index in [0.717, 1.165) is 60.2 Å². The first-order valence-electron chi connectivity index (χ1n) is 9.05. The first-order valence-corrected chi connectivity index (χ1v) is 9.05. The highest BCUT2D eigenvalue weighted by molar-refractivity contribution is 6.28. The second kappa shape index (κ2) is 4.92. The molecule has 1 aromatic carbocycles. The summed E-state index contributed by atoms with van der Waals surface area (Å²) in [7, 11) is 0. The minimum Gasteiger partial charge on any atom is -0.339 e. The van der Waals surface area contributed by atoms with Gasteiger partial charge in [-0.05, 0) is 42.6 Å². The molecule has 24 heavy (non-hydrogen) atoms. The molecule has 1 amide bonds. The summed E-state index contributed by atoms with van der Waals surface area (Å²) < 4.78 is 0. The van der Waals surface area contributed by atoms with Crippen LogP contribution >= 0.6 is 0 Å². The second-order valence-corrected chi connectivity index (χ2v) is 7.72. The quantitative estimate of drug-likeness (QED) is 0.795. The summed E-state index contributed by atoms with van der Waals surface area (Å²) in [5.74, 6) is 1.72. The number of likely N-dealkylation sites (tertiary alicyclic amines) is 1. The predicted octanol–water partition coefficient (Wildman–Crippen LogP) is 3.47. The molecule has 1 aliphatic heterocycles. The Morgan fingerprint density at radius 1 is 1.12 bits per heavy atom. The molecule has 1 aromatic rings. The number of fused-ring (bicyclic) bond motifs is 4. The number of hydrogen-bond donors (Lipinski definition) is 0. The first kappa shape index (κ1) is 14.2. The van der Waals surface area contributed by atoms with Gasteiger partial charge in [0.15, 0.2) is 5.78 Å². The smallest absolute Gasteiger partial charge is 0.254 e. The van der Waals surface area contributed by atoms with Crippen molar-refractivity contribution in [3.8, 4) is 0 Å². The molecule has 1 heterocycles. The van der Waals surface area contributed by atoms with E-state index in [-0.39, 0.29) is 11.7 Å². The monoisotopic (exact) mass is 319 g/mol. The van der Waals surface area contributed by atoms with Crippen LogP contribution in [0.5, 0.6) is 0 Å². The molecule has 0 N–H and O–H groups in total. The Bertz CT molecular complexity index is 824. The number of benzene rings is 1. The Kier molecular flexibility index (Phi) is 2.91. The van der Waals surface area contributed by atoms with Crippen LogP contribution in [0.15, 0.2) is 41.5 Å². The van der Waals surface area contributed by atoms with Gasteiger partial charge in [0.25, 0.3) is 5.91 Å². The number of ketones is 1. The fraction of sp³-hybridized carbons (Fsp3) is 0.429. The van der Waals surface area contributed by atoms with Crippen LogP contribution in [0.2, 0.25) is 0 Å². The SMILES string of the molecule is CC1CCN(C(=O)C2=CC3CC3C3=C2c2ccccc2C3=O)CC1. The summed E-state index contributed by atoms with van der Waals surface area (Å²) in [6, 6.07) is 7.78. The van der Waals surface area contributed by atoms with Gasteiger partial charge in [-0.1, -0.05) is 37.3 Å². The predicted molar refractivity (Wildman–Crippen MR) is 92.4 cm³/mol. The van der Waals surface area contributed by atoms with Crippen molar-refractivity contribution in [1.29, 1.82) is 0 Å². The normalized spacial score (nSPS) is 28.3. The van der Waals surface area contributed by atoms with Crippen LogP contribution in [0, 0.1) is 17.8 Å². The summed E-state index contributed by atoms with van der Waals surface area (Å²) in [6.45, 7) is 3.93. The van der Waals surface area contributed by atoms with Crippen LogP contribution in [0.4, 0.5) is 0 Å². The minimum atomic E-state index is 0.129. The van der Waals surface area contributed by atoms with E-state index >= 15 is 0 Å². The van der Waals surface area contributed by atoms with Crippen molar-refractivity contribution in [3.05, 3.63) is 52.6 Å². The Labute approximate surface area is 142 Å². The number of carbonyl (C=O) groups is 2. The van der Waals surface area contributed by atoms with Gasteiger partial charge in [-0.2, -0.15) is 0 Å². The van der Waals surface area contributed by atoms with Gasteiger partial charge in [0.1, 0.15) is 0 Å². The maximum atomic E-state index is 13.2. The Balaban J connectivity index is 1.56. The largest absolute Gasteiger partial charge is 0.339 e. The number of nitrogens with zero attached hydrogens (tertiary/aromatic N) is 1. The molecule has 1 saturated heterocycles. The van der Waals surface area contributed by atoms with Crippen LogP contribution in [0.25, 0.3) is 5.57 Å². The molecular weight excluding hydrogens is 298 g/mol. The average molecular weight is 319 g/mol. The van der Waals surface area contributed by atoms with Crippen LogP contribution in [-0.4, -0.2) is 29.7 Å².